The molecule has 3 fully saturated rings. The minimum Gasteiger partial charge on any atom is -0.369 e. The molecule has 2 aliphatic heterocycles. The first-order chi connectivity index (χ1) is 13.5. The third kappa shape index (κ3) is 2.94. The highest BCUT2D eigenvalue weighted by molar-refractivity contribution is 9.09. The van der Waals surface area contributed by atoms with E-state index in [0.717, 1.165) is 12.8 Å². The highest BCUT2D eigenvalue weighted by Gasteiger charge is 2.66. The molecular formula is C24H31BrO3. The largest absolute Gasteiger partial charge is 0.369 e. The zero-order valence-electron chi connectivity index (χ0n) is 16.9. The van der Waals surface area contributed by atoms with Gasteiger partial charge in [-0.2, -0.15) is 0 Å². The third-order valence-corrected chi connectivity index (χ3v) is 9.40. The van der Waals surface area contributed by atoms with Crippen molar-refractivity contribution in [3.05, 3.63) is 48.0 Å². The summed E-state index contributed by atoms with van der Waals surface area (Å²) < 4.78 is 19.0. The average Bonchev–Trinajstić information content (AvgIpc) is 3.36. The van der Waals surface area contributed by atoms with Crippen LogP contribution in [0.25, 0.3) is 0 Å². The SMILES string of the molecule is C[C@]12CC[C@H](OCOCc3ccccc3)[C@H]1C[C@H](Br)[C@]1(C)O[C@@H]2[C@@H]2CC=C[C@@H]21. The van der Waals surface area contributed by atoms with Gasteiger partial charge < -0.3 is 14.2 Å². The molecule has 1 saturated carbocycles. The first-order valence-electron chi connectivity index (χ1n) is 10.7. The molecule has 2 heterocycles. The maximum Gasteiger partial charge on any atom is 0.147 e. The summed E-state index contributed by atoms with van der Waals surface area (Å²) in [7, 11) is 0. The van der Waals surface area contributed by atoms with Crippen LogP contribution in [0, 0.1) is 23.2 Å². The van der Waals surface area contributed by atoms with Gasteiger partial charge in [0.1, 0.15) is 6.79 Å². The van der Waals surface area contributed by atoms with E-state index in [4.69, 9.17) is 14.2 Å². The monoisotopic (exact) mass is 446 g/mol. The van der Waals surface area contributed by atoms with Crippen LogP contribution < -0.4 is 0 Å². The number of allylic oxidation sites excluding steroid dienone is 1. The Labute approximate surface area is 176 Å². The number of halogens is 1. The number of hydrogen-bond donors (Lipinski definition) is 0. The van der Waals surface area contributed by atoms with Gasteiger partial charge in [0.05, 0.1) is 24.4 Å². The van der Waals surface area contributed by atoms with Crippen molar-refractivity contribution in [3.63, 3.8) is 0 Å². The zero-order valence-corrected chi connectivity index (χ0v) is 18.4. The van der Waals surface area contributed by atoms with Crippen molar-refractivity contribution in [3.8, 4) is 0 Å². The van der Waals surface area contributed by atoms with E-state index in [-0.39, 0.29) is 17.1 Å². The van der Waals surface area contributed by atoms with Gasteiger partial charge in [0.25, 0.3) is 0 Å². The van der Waals surface area contributed by atoms with Crippen LogP contribution >= 0.6 is 15.9 Å². The van der Waals surface area contributed by atoms with Crippen molar-refractivity contribution in [2.24, 2.45) is 23.2 Å². The van der Waals surface area contributed by atoms with E-state index < -0.39 is 0 Å². The maximum absolute atomic E-state index is 6.85. The molecule has 3 nitrogen and oxygen atoms in total. The lowest BCUT2D eigenvalue weighted by Crippen LogP contribution is -2.44. The Morgan fingerprint density at radius 2 is 2.04 bits per heavy atom. The van der Waals surface area contributed by atoms with E-state index in [0.29, 0.717) is 42.1 Å². The molecule has 1 aromatic carbocycles. The molecule has 4 heteroatoms. The summed E-state index contributed by atoms with van der Waals surface area (Å²) in [5.41, 5.74) is 1.29. The first kappa shape index (κ1) is 19.3. The maximum atomic E-state index is 6.85. The molecule has 0 amide bonds. The predicted octanol–water partition coefficient (Wildman–Crippen LogP) is 5.48. The highest BCUT2D eigenvalue weighted by atomic mass is 79.9. The minimum atomic E-state index is -0.0932. The van der Waals surface area contributed by atoms with Gasteiger partial charge in [0.2, 0.25) is 0 Å². The van der Waals surface area contributed by atoms with Crippen LogP contribution in [0.1, 0.15) is 45.1 Å². The summed E-state index contributed by atoms with van der Waals surface area (Å²) in [6.45, 7) is 5.76. The molecule has 0 radical (unpaired) electrons. The van der Waals surface area contributed by atoms with Crippen LogP contribution in [-0.2, 0) is 20.8 Å². The standard InChI is InChI=1S/C24H31BrO3/c1-23-12-11-20(27-15-26-14-16-7-4-3-5-8-16)19(23)13-21(25)24(2)18-10-6-9-17(18)22(23)28-24/h3-8,10,17-22H,9,11-15H2,1-2H3/t17-,18+,19-,20+,21+,22-,23+,24-/m1/s1. The molecule has 152 valence electrons. The van der Waals surface area contributed by atoms with Gasteiger partial charge in [-0.05, 0) is 55.4 Å². The minimum absolute atomic E-state index is 0.0932. The lowest BCUT2D eigenvalue weighted by Gasteiger charge is -2.41. The van der Waals surface area contributed by atoms with Gasteiger partial charge in [-0.15, -0.1) is 0 Å². The van der Waals surface area contributed by atoms with Crippen LogP contribution in [0.4, 0.5) is 0 Å². The van der Waals surface area contributed by atoms with E-state index in [2.05, 4.69) is 54.1 Å². The number of benzene rings is 1. The van der Waals surface area contributed by atoms with E-state index in [1.807, 2.05) is 18.2 Å². The summed E-state index contributed by atoms with van der Waals surface area (Å²) in [5, 5.41) is 0. The molecule has 8 atom stereocenters. The Hall–Kier alpha value is -0.680. The van der Waals surface area contributed by atoms with Crippen molar-refractivity contribution >= 4 is 15.9 Å². The van der Waals surface area contributed by atoms with Crippen LogP contribution in [-0.4, -0.2) is 29.4 Å². The molecule has 1 aromatic rings. The predicted molar refractivity (Wildman–Crippen MR) is 113 cm³/mol. The van der Waals surface area contributed by atoms with Crippen molar-refractivity contribution in [2.75, 3.05) is 6.79 Å². The topological polar surface area (TPSA) is 27.7 Å². The lowest BCUT2D eigenvalue weighted by atomic mass is 9.64. The molecule has 0 unspecified atom stereocenters. The van der Waals surface area contributed by atoms with Gasteiger partial charge in [0.15, 0.2) is 0 Å². The molecule has 2 bridgehead atoms. The molecule has 4 aliphatic rings. The van der Waals surface area contributed by atoms with Gasteiger partial charge in [-0.25, -0.2) is 0 Å². The lowest BCUT2D eigenvalue weighted by molar-refractivity contribution is -0.122. The van der Waals surface area contributed by atoms with Crippen LogP contribution in [0.5, 0.6) is 0 Å². The molecular weight excluding hydrogens is 416 g/mol. The fourth-order valence-corrected chi connectivity index (χ4v) is 7.33. The summed E-state index contributed by atoms with van der Waals surface area (Å²) >= 11 is 4.04. The van der Waals surface area contributed by atoms with Crippen LogP contribution in [0.3, 0.4) is 0 Å². The summed E-state index contributed by atoms with van der Waals surface area (Å²) in [6.07, 6.45) is 9.98. The van der Waals surface area contributed by atoms with Crippen LogP contribution in [0.15, 0.2) is 42.5 Å². The van der Waals surface area contributed by atoms with E-state index in [1.54, 1.807) is 0 Å². The van der Waals surface area contributed by atoms with E-state index in [9.17, 15) is 0 Å². The van der Waals surface area contributed by atoms with Gasteiger partial charge in [-0.1, -0.05) is 65.3 Å². The second-order valence-corrected chi connectivity index (χ2v) is 10.7. The normalized spacial score (nSPS) is 46.4. The van der Waals surface area contributed by atoms with Crippen molar-refractivity contribution in [1.82, 2.24) is 0 Å². The summed E-state index contributed by atoms with van der Waals surface area (Å²) in [4.78, 5) is 0.363. The third-order valence-electron chi connectivity index (χ3n) is 8.12. The van der Waals surface area contributed by atoms with Crippen molar-refractivity contribution in [2.45, 2.75) is 68.8 Å². The summed E-state index contributed by atoms with van der Waals surface area (Å²) in [5.74, 6) is 1.70. The van der Waals surface area contributed by atoms with E-state index >= 15 is 0 Å². The van der Waals surface area contributed by atoms with Crippen LogP contribution in [0.2, 0.25) is 0 Å². The molecule has 5 rings (SSSR count). The summed E-state index contributed by atoms with van der Waals surface area (Å²) in [6, 6.07) is 10.3. The number of ether oxygens (including phenoxy) is 3. The zero-order chi connectivity index (χ0) is 19.4. The Morgan fingerprint density at radius 1 is 1.21 bits per heavy atom. The first-order valence-corrected chi connectivity index (χ1v) is 11.7. The number of fused-ring (bicyclic) bond motifs is 7. The quantitative estimate of drug-likeness (QED) is 0.259. The van der Waals surface area contributed by atoms with Crippen molar-refractivity contribution < 1.29 is 14.2 Å². The molecule has 2 saturated heterocycles. The highest BCUT2D eigenvalue weighted by Crippen LogP contribution is 2.64. The molecule has 28 heavy (non-hydrogen) atoms. The Morgan fingerprint density at radius 3 is 2.86 bits per heavy atom. The molecule has 0 spiro atoms. The van der Waals surface area contributed by atoms with Gasteiger partial charge in [-0.3, -0.25) is 0 Å². The van der Waals surface area contributed by atoms with Gasteiger partial charge >= 0.3 is 0 Å². The fraction of sp³-hybridized carbons (Fsp3) is 0.667. The van der Waals surface area contributed by atoms with E-state index in [1.165, 1.54) is 18.4 Å². The number of alkyl halides is 1. The number of rotatable bonds is 5. The second-order valence-electron chi connectivity index (χ2n) is 9.59. The Balaban J connectivity index is 1.27. The van der Waals surface area contributed by atoms with Crippen molar-refractivity contribution in [1.29, 1.82) is 0 Å². The smallest absolute Gasteiger partial charge is 0.147 e. The molecule has 2 aliphatic carbocycles. The van der Waals surface area contributed by atoms with Gasteiger partial charge in [0, 0.05) is 10.7 Å². The number of hydrogen-bond acceptors (Lipinski definition) is 3. The Bertz CT molecular complexity index is 737. The fourth-order valence-electron chi connectivity index (χ4n) is 6.51. The molecule has 0 N–H and O–H groups in total. The second kappa shape index (κ2) is 7.23. The average molecular weight is 447 g/mol. The Kier molecular flexibility index (Phi) is 4.98. The molecule has 0 aromatic heterocycles.